The fourth-order valence-electron chi connectivity index (χ4n) is 3.94. The van der Waals surface area contributed by atoms with Gasteiger partial charge in [-0.05, 0) is 31.7 Å². The summed E-state index contributed by atoms with van der Waals surface area (Å²) >= 11 is 0. The summed E-state index contributed by atoms with van der Waals surface area (Å²) in [6, 6.07) is 8.81. The molecule has 0 spiro atoms. The van der Waals surface area contributed by atoms with Gasteiger partial charge in [-0.25, -0.2) is 0 Å². The summed E-state index contributed by atoms with van der Waals surface area (Å²) in [5, 5.41) is 3.18. The van der Waals surface area contributed by atoms with Crippen LogP contribution in [0.1, 0.15) is 56.3 Å². The molecule has 1 aliphatic heterocycles. The molecule has 1 N–H and O–H groups in total. The van der Waals surface area contributed by atoms with Crippen LogP contribution in [-0.4, -0.2) is 18.1 Å². The lowest BCUT2D eigenvalue weighted by Gasteiger charge is -2.45. The second kappa shape index (κ2) is 6.18. The highest BCUT2D eigenvalue weighted by molar-refractivity contribution is 5.73. The molecule has 0 unspecified atom stereocenters. The van der Waals surface area contributed by atoms with E-state index in [2.05, 4.69) is 36.5 Å². The quantitative estimate of drug-likeness (QED) is 0.904. The van der Waals surface area contributed by atoms with Crippen LogP contribution in [-0.2, 0) is 9.53 Å². The minimum atomic E-state index is 0.0780. The molecule has 1 aromatic rings. The number of nitrogens with one attached hydrogen (secondary N) is 1. The van der Waals surface area contributed by atoms with Crippen LogP contribution in [0.4, 0.5) is 0 Å². The number of hydrogen-bond acceptors (Lipinski definition) is 2. The standard InChI is InChI=1S/C18H25NO2/c1-12-6-5-7-14(10-12)18-11-16(19-13(2)20)15-8-3-4-9-17(15)21-18/h5-7,10,15-18H,3-4,8-9,11H2,1-2H3,(H,19,20)/t15-,16+,17+,18+/m0/s1. The first-order valence-electron chi connectivity index (χ1n) is 8.12. The van der Waals surface area contributed by atoms with Crippen molar-refractivity contribution in [3.63, 3.8) is 0 Å². The number of fused-ring (bicyclic) bond motifs is 1. The van der Waals surface area contributed by atoms with E-state index in [0.29, 0.717) is 12.0 Å². The van der Waals surface area contributed by atoms with Crippen LogP contribution in [0.15, 0.2) is 24.3 Å². The number of benzene rings is 1. The first-order valence-corrected chi connectivity index (χ1v) is 8.12. The van der Waals surface area contributed by atoms with Crippen molar-refractivity contribution in [1.29, 1.82) is 0 Å². The molecule has 114 valence electrons. The second-order valence-corrected chi connectivity index (χ2v) is 6.57. The molecule has 2 fully saturated rings. The lowest BCUT2D eigenvalue weighted by atomic mass is 9.76. The molecule has 0 bridgehead atoms. The summed E-state index contributed by atoms with van der Waals surface area (Å²) in [5.74, 6) is 0.568. The molecule has 1 heterocycles. The minimum absolute atomic E-state index is 0.0780. The molecule has 1 amide bonds. The van der Waals surface area contributed by atoms with Crippen molar-refractivity contribution in [2.24, 2.45) is 5.92 Å². The van der Waals surface area contributed by atoms with Crippen molar-refractivity contribution in [3.05, 3.63) is 35.4 Å². The highest BCUT2D eigenvalue weighted by Crippen LogP contribution is 2.41. The molecule has 4 atom stereocenters. The largest absolute Gasteiger partial charge is 0.370 e. The number of aryl methyl sites for hydroxylation is 1. The van der Waals surface area contributed by atoms with Crippen LogP contribution in [0.5, 0.6) is 0 Å². The topological polar surface area (TPSA) is 38.3 Å². The molecule has 0 radical (unpaired) electrons. The van der Waals surface area contributed by atoms with Gasteiger partial charge in [0.25, 0.3) is 0 Å². The number of rotatable bonds is 2. The van der Waals surface area contributed by atoms with Gasteiger partial charge in [-0.3, -0.25) is 4.79 Å². The zero-order valence-corrected chi connectivity index (χ0v) is 13.0. The van der Waals surface area contributed by atoms with E-state index >= 15 is 0 Å². The van der Waals surface area contributed by atoms with Crippen LogP contribution in [0.3, 0.4) is 0 Å². The number of amides is 1. The number of hydrogen-bond donors (Lipinski definition) is 1. The predicted molar refractivity (Wildman–Crippen MR) is 83.0 cm³/mol. The van der Waals surface area contributed by atoms with Gasteiger partial charge in [-0.1, -0.05) is 42.7 Å². The number of carbonyl (C=O) groups is 1. The van der Waals surface area contributed by atoms with Crippen LogP contribution in [0.2, 0.25) is 0 Å². The molecule has 1 aliphatic carbocycles. The molecule has 3 rings (SSSR count). The van der Waals surface area contributed by atoms with Gasteiger partial charge < -0.3 is 10.1 Å². The average molecular weight is 287 g/mol. The van der Waals surface area contributed by atoms with Crippen molar-refractivity contribution in [2.45, 2.75) is 64.2 Å². The van der Waals surface area contributed by atoms with E-state index in [1.807, 2.05) is 0 Å². The molecule has 1 saturated carbocycles. The van der Waals surface area contributed by atoms with Gasteiger partial charge >= 0.3 is 0 Å². The Hall–Kier alpha value is -1.35. The summed E-state index contributed by atoms with van der Waals surface area (Å²) in [7, 11) is 0. The summed E-state index contributed by atoms with van der Waals surface area (Å²) in [6.07, 6.45) is 6.11. The minimum Gasteiger partial charge on any atom is -0.370 e. The number of carbonyl (C=O) groups excluding carboxylic acids is 1. The van der Waals surface area contributed by atoms with Crippen LogP contribution in [0, 0.1) is 12.8 Å². The smallest absolute Gasteiger partial charge is 0.217 e. The predicted octanol–water partition coefficient (Wildman–Crippen LogP) is 3.52. The van der Waals surface area contributed by atoms with Crippen molar-refractivity contribution in [2.75, 3.05) is 0 Å². The summed E-state index contributed by atoms with van der Waals surface area (Å²) in [5.41, 5.74) is 2.51. The van der Waals surface area contributed by atoms with Gasteiger partial charge in [0.1, 0.15) is 0 Å². The molecule has 21 heavy (non-hydrogen) atoms. The molecule has 1 aromatic carbocycles. The van der Waals surface area contributed by atoms with E-state index in [1.54, 1.807) is 6.92 Å². The fraction of sp³-hybridized carbons (Fsp3) is 0.611. The molecular formula is C18H25NO2. The van der Waals surface area contributed by atoms with Crippen LogP contribution in [0.25, 0.3) is 0 Å². The summed E-state index contributed by atoms with van der Waals surface area (Å²) in [4.78, 5) is 11.5. The van der Waals surface area contributed by atoms with Crippen molar-refractivity contribution < 1.29 is 9.53 Å². The summed E-state index contributed by atoms with van der Waals surface area (Å²) in [6.45, 7) is 3.73. The molecule has 1 saturated heterocycles. The van der Waals surface area contributed by atoms with Crippen molar-refractivity contribution >= 4 is 5.91 Å². The lowest BCUT2D eigenvalue weighted by molar-refractivity contribution is -0.131. The zero-order valence-electron chi connectivity index (χ0n) is 13.0. The molecule has 0 aromatic heterocycles. The van der Waals surface area contributed by atoms with Gasteiger partial charge in [-0.15, -0.1) is 0 Å². The maximum Gasteiger partial charge on any atom is 0.217 e. The Bertz CT molecular complexity index is 514. The van der Waals surface area contributed by atoms with E-state index in [0.717, 1.165) is 12.8 Å². The Morgan fingerprint density at radius 1 is 1.29 bits per heavy atom. The highest BCUT2D eigenvalue weighted by atomic mass is 16.5. The lowest BCUT2D eigenvalue weighted by Crippen LogP contribution is -2.50. The fourth-order valence-corrected chi connectivity index (χ4v) is 3.94. The Morgan fingerprint density at radius 3 is 2.86 bits per heavy atom. The van der Waals surface area contributed by atoms with E-state index < -0.39 is 0 Å². The van der Waals surface area contributed by atoms with Gasteiger partial charge in [0.15, 0.2) is 0 Å². The van der Waals surface area contributed by atoms with Gasteiger partial charge in [0.2, 0.25) is 5.91 Å². The molecular weight excluding hydrogens is 262 g/mol. The maximum absolute atomic E-state index is 11.5. The monoisotopic (exact) mass is 287 g/mol. The van der Waals surface area contributed by atoms with Crippen molar-refractivity contribution in [1.82, 2.24) is 5.32 Å². The van der Waals surface area contributed by atoms with E-state index in [4.69, 9.17) is 4.74 Å². The molecule has 3 heteroatoms. The third kappa shape index (κ3) is 3.29. The second-order valence-electron chi connectivity index (χ2n) is 6.57. The Labute approximate surface area is 127 Å². The van der Waals surface area contributed by atoms with E-state index in [9.17, 15) is 4.79 Å². The molecule has 2 aliphatic rings. The Balaban J connectivity index is 1.81. The van der Waals surface area contributed by atoms with Gasteiger partial charge in [0.05, 0.1) is 12.2 Å². The average Bonchev–Trinajstić information content (AvgIpc) is 2.46. The first-order chi connectivity index (χ1) is 10.1. The third-order valence-corrected chi connectivity index (χ3v) is 4.88. The van der Waals surface area contributed by atoms with Crippen LogP contribution >= 0.6 is 0 Å². The summed E-state index contributed by atoms with van der Waals surface area (Å²) < 4.78 is 6.39. The Kier molecular flexibility index (Phi) is 4.29. The van der Waals surface area contributed by atoms with E-state index in [-0.39, 0.29) is 18.1 Å². The maximum atomic E-state index is 11.5. The zero-order chi connectivity index (χ0) is 14.8. The normalized spacial score (nSPS) is 32.3. The van der Waals surface area contributed by atoms with Gasteiger partial charge in [0, 0.05) is 18.9 Å². The third-order valence-electron chi connectivity index (χ3n) is 4.88. The van der Waals surface area contributed by atoms with Crippen molar-refractivity contribution in [3.8, 4) is 0 Å². The molecule has 3 nitrogen and oxygen atoms in total. The van der Waals surface area contributed by atoms with E-state index in [1.165, 1.54) is 30.4 Å². The van der Waals surface area contributed by atoms with Crippen LogP contribution < -0.4 is 5.32 Å². The SMILES string of the molecule is CC(=O)N[C@@H]1C[C@H](c2cccc(C)c2)O[C@@H]2CCCC[C@@H]12. The Morgan fingerprint density at radius 2 is 2.10 bits per heavy atom. The first kappa shape index (κ1) is 14.6. The van der Waals surface area contributed by atoms with Gasteiger partial charge in [-0.2, -0.15) is 0 Å². The highest BCUT2D eigenvalue weighted by Gasteiger charge is 2.40. The number of ether oxygens (including phenoxy) is 1.